The van der Waals surface area contributed by atoms with Crippen LogP contribution in [0.4, 0.5) is 4.79 Å². The van der Waals surface area contributed by atoms with Gasteiger partial charge in [0.2, 0.25) is 0 Å². The van der Waals surface area contributed by atoms with Crippen LogP contribution in [0.15, 0.2) is 35.1 Å². The van der Waals surface area contributed by atoms with Gasteiger partial charge in [0, 0.05) is 6.04 Å². The Kier molecular flexibility index (Phi) is 3.81. The van der Waals surface area contributed by atoms with Gasteiger partial charge in [0.15, 0.2) is 0 Å². The van der Waals surface area contributed by atoms with Crippen LogP contribution in [-0.2, 0) is 0 Å². The van der Waals surface area contributed by atoms with Gasteiger partial charge in [-0.2, -0.15) is 4.68 Å². The van der Waals surface area contributed by atoms with E-state index in [2.05, 4.69) is 15.7 Å². The van der Waals surface area contributed by atoms with Crippen LogP contribution in [0.2, 0.25) is 0 Å². The predicted molar refractivity (Wildman–Crippen MR) is 76.4 cm³/mol. The Morgan fingerprint density at radius 1 is 1.10 bits per heavy atom. The SMILES string of the molecule is O=C(NC1CCCCC1)n1nnn(-c2ccccc2)c1=O. The lowest BCUT2D eigenvalue weighted by atomic mass is 9.96. The molecule has 0 spiro atoms. The van der Waals surface area contributed by atoms with Gasteiger partial charge >= 0.3 is 11.7 Å². The van der Waals surface area contributed by atoms with E-state index in [0.717, 1.165) is 35.0 Å². The molecule has 1 aromatic heterocycles. The molecule has 110 valence electrons. The second-order valence-electron chi connectivity index (χ2n) is 5.21. The minimum Gasteiger partial charge on any atom is -0.333 e. The molecule has 0 unspecified atom stereocenters. The van der Waals surface area contributed by atoms with Crippen molar-refractivity contribution in [3.05, 3.63) is 40.8 Å². The first kappa shape index (κ1) is 13.5. The molecular weight excluding hydrogens is 270 g/mol. The minimum absolute atomic E-state index is 0.125. The van der Waals surface area contributed by atoms with Crippen molar-refractivity contribution in [3.8, 4) is 5.69 Å². The van der Waals surface area contributed by atoms with Crippen LogP contribution in [0.3, 0.4) is 0 Å². The maximum atomic E-state index is 12.2. The molecule has 1 amide bonds. The molecule has 7 nitrogen and oxygen atoms in total. The van der Waals surface area contributed by atoms with Gasteiger partial charge in [-0.3, -0.25) is 0 Å². The van der Waals surface area contributed by atoms with E-state index in [0.29, 0.717) is 5.69 Å². The number of tetrazole rings is 1. The third-order valence-corrected chi connectivity index (χ3v) is 3.71. The van der Waals surface area contributed by atoms with Crippen LogP contribution in [0, 0.1) is 0 Å². The van der Waals surface area contributed by atoms with E-state index in [1.165, 1.54) is 6.42 Å². The normalized spacial score (nSPS) is 15.8. The summed E-state index contributed by atoms with van der Waals surface area (Å²) in [5.74, 6) is 0. The second kappa shape index (κ2) is 5.90. The van der Waals surface area contributed by atoms with Crippen molar-refractivity contribution in [1.29, 1.82) is 0 Å². The summed E-state index contributed by atoms with van der Waals surface area (Å²) in [6, 6.07) is 8.52. The van der Waals surface area contributed by atoms with Crippen molar-refractivity contribution in [2.24, 2.45) is 0 Å². The van der Waals surface area contributed by atoms with Crippen LogP contribution in [0.1, 0.15) is 32.1 Å². The number of carbonyl (C=O) groups excluding carboxylic acids is 1. The van der Waals surface area contributed by atoms with Gasteiger partial charge in [0.1, 0.15) is 0 Å². The van der Waals surface area contributed by atoms with Gasteiger partial charge in [-0.05, 0) is 35.4 Å². The lowest BCUT2D eigenvalue weighted by molar-refractivity contribution is 0.230. The number of aromatic nitrogens is 4. The van der Waals surface area contributed by atoms with Crippen molar-refractivity contribution in [3.63, 3.8) is 0 Å². The summed E-state index contributed by atoms with van der Waals surface area (Å²) in [6.07, 6.45) is 5.32. The fraction of sp³-hybridized carbons (Fsp3) is 0.429. The molecule has 1 aliphatic rings. The summed E-state index contributed by atoms with van der Waals surface area (Å²) in [5, 5.41) is 10.3. The second-order valence-corrected chi connectivity index (χ2v) is 5.21. The van der Waals surface area contributed by atoms with Crippen molar-refractivity contribution >= 4 is 6.03 Å². The molecule has 1 fully saturated rings. The van der Waals surface area contributed by atoms with Crippen LogP contribution in [0.5, 0.6) is 0 Å². The first-order valence-corrected chi connectivity index (χ1v) is 7.17. The molecule has 0 radical (unpaired) electrons. The topological polar surface area (TPSA) is 81.8 Å². The fourth-order valence-electron chi connectivity index (χ4n) is 2.59. The third-order valence-electron chi connectivity index (χ3n) is 3.71. The molecule has 1 N–H and O–H groups in total. The largest absolute Gasteiger partial charge is 0.377 e. The Labute approximate surface area is 121 Å². The highest BCUT2D eigenvalue weighted by Gasteiger charge is 2.20. The number of amides is 1. The summed E-state index contributed by atoms with van der Waals surface area (Å²) in [4.78, 5) is 24.3. The number of hydrogen-bond acceptors (Lipinski definition) is 4. The predicted octanol–water partition coefficient (Wildman–Crippen LogP) is 1.32. The highest BCUT2D eigenvalue weighted by Crippen LogP contribution is 2.17. The van der Waals surface area contributed by atoms with Crippen molar-refractivity contribution in [2.75, 3.05) is 0 Å². The molecule has 1 aromatic carbocycles. The van der Waals surface area contributed by atoms with E-state index in [1.54, 1.807) is 24.3 Å². The monoisotopic (exact) mass is 287 g/mol. The summed E-state index contributed by atoms with van der Waals surface area (Å²) in [7, 11) is 0. The molecule has 1 heterocycles. The molecule has 1 saturated carbocycles. The number of rotatable bonds is 2. The highest BCUT2D eigenvalue weighted by atomic mass is 16.2. The highest BCUT2D eigenvalue weighted by molar-refractivity contribution is 5.75. The molecule has 0 saturated heterocycles. The lowest BCUT2D eigenvalue weighted by Gasteiger charge is -2.21. The summed E-state index contributed by atoms with van der Waals surface area (Å²) in [5.41, 5.74) is 0.0220. The smallest absolute Gasteiger partial charge is 0.333 e. The van der Waals surface area contributed by atoms with E-state index in [-0.39, 0.29) is 6.04 Å². The average Bonchev–Trinajstić information content (AvgIpc) is 2.91. The first-order chi connectivity index (χ1) is 10.3. The quantitative estimate of drug-likeness (QED) is 0.845. The van der Waals surface area contributed by atoms with Crippen molar-refractivity contribution < 1.29 is 4.79 Å². The Balaban J connectivity index is 1.79. The molecule has 21 heavy (non-hydrogen) atoms. The summed E-state index contributed by atoms with van der Waals surface area (Å²) >= 11 is 0. The Morgan fingerprint density at radius 3 is 2.52 bits per heavy atom. The molecule has 1 aliphatic carbocycles. The summed E-state index contributed by atoms with van der Waals surface area (Å²) in [6.45, 7) is 0. The molecule has 0 atom stereocenters. The number of para-hydroxylation sites is 1. The van der Waals surface area contributed by atoms with E-state index >= 15 is 0 Å². The zero-order chi connectivity index (χ0) is 14.7. The zero-order valence-corrected chi connectivity index (χ0v) is 11.6. The van der Waals surface area contributed by atoms with Gasteiger partial charge in [-0.25, -0.2) is 9.59 Å². The van der Waals surface area contributed by atoms with Gasteiger partial charge in [-0.15, -0.1) is 4.68 Å². The minimum atomic E-state index is -0.561. The van der Waals surface area contributed by atoms with Crippen LogP contribution >= 0.6 is 0 Å². The van der Waals surface area contributed by atoms with Gasteiger partial charge < -0.3 is 5.32 Å². The van der Waals surface area contributed by atoms with E-state index in [4.69, 9.17) is 0 Å². The van der Waals surface area contributed by atoms with Crippen LogP contribution in [0.25, 0.3) is 5.69 Å². The number of nitrogens with zero attached hydrogens (tertiary/aromatic N) is 4. The number of hydrogen-bond donors (Lipinski definition) is 1. The van der Waals surface area contributed by atoms with Crippen molar-refractivity contribution in [1.82, 2.24) is 25.1 Å². The number of carbonyl (C=O) groups is 1. The Morgan fingerprint density at radius 2 is 1.81 bits per heavy atom. The zero-order valence-electron chi connectivity index (χ0n) is 11.6. The van der Waals surface area contributed by atoms with Crippen LogP contribution in [-0.4, -0.2) is 31.9 Å². The van der Waals surface area contributed by atoms with Gasteiger partial charge in [0.05, 0.1) is 5.69 Å². The molecule has 2 aromatic rings. The van der Waals surface area contributed by atoms with Crippen LogP contribution < -0.4 is 11.0 Å². The summed E-state index contributed by atoms with van der Waals surface area (Å²) < 4.78 is 1.89. The maximum absolute atomic E-state index is 12.2. The molecule has 0 aliphatic heterocycles. The third kappa shape index (κ3) is 2.86. The lowest BCUT2D eigenvalue weighted by Crippen LogP contribution is -2.43. The fourth-order valence-corrected chi connectivity index (χ4v) is 2.59. The van der Waals surface area contributed by atoms with E-state index in [1.807, 2.05) is 6.07 Å². The Bertz CT molecular complexity index is 670. The van der Waals surface area contributed by atoms with E-state index in [9.17, 15) is 9.59 Å². The van der Waals surface area contributed by atoms with Gasteiger partial charge in [0.25, 0.3) is 0 Å². The average molecular weight is 287 g/mol. The maximum Gasteiger partial charge on any atom is 0.377 e. The molecular formula is C14H17N5O2. The van der Waals surface area contributed by atoms with Crippen molar-refractivity contribution in [2.45, 2.75) is 38.1 Å². The number of benzene rings is 1. The first-order valence-electron chi connectivity index (χ1n) is 7.17. The Hall–Kier alpha value is -2.44. The van der Waals surface area contributed by atoms with Gasteiger partial charge in [-0.1, -0.05) is 37.5 Å². The number of nitrogens with one attached hydrogen (secondary N) is 1. The standard InChI is InChI=1S/C14H17N5O2/c20-13(15-11-7-3-1-4-8-11)19-14(21)18(16-17-19)12-9-5-2-6-10-12/h2,5-6,9-11H,1,3-4,7-8H2,(H,15,20). The molecule has 7 heteroatoms. The molecule has 3 rings (SSSR count). The molecule has 0 bridgehead atoms. The van der Waals surface area contributed by atoms with E-state index < -0.39 is 11.7 Å².